The Morgan fingerprint density at radius 1 is 1.35 bits per heavy atom. The van der Waals surface area contributed by atoms with Crippen LogP contribution in [0.5, 0.6) is 0 Å². The molecule has 0 radical (unpaired) electrons. The summed E-state index contributed by atoms with van der Waals surface area (Å²) in [7, 11) is -3.55. The maximum atomic E-state index is 12.2. The molecule has 0 spiro atoms. The molecule has 5 nitrogen and oxygen atoms in total. The number of para-hydroxylation sites is 1. The van der Waals surface area contributed by atoms with Gasteiger partial charge in [0.15, 0.2) is 0 Å². The molecule has 0 saturated carbocycles. The van der Waals surface area contributed by atoms with E-state index >= 15 is 0 Å². The van der Waals surface area contributed by atoms with Gasteiger partial charge in [-0.15, -0.1) is 11.3 Å². The predicted molar refractivity (Wildman–Crippen MR) is 79.8 cm³/mol. The van der Waals surface area contributed by atoms with Gasteiger partial charge in [-0.2, -0.15) is 0 Å². The Balaban J connectivity index is 1.92. The second kappa shape index (κ2) is 5.08. The summed E-state index contributed by atoms with van der Waals surface area (Å²) in [4.78, 5) is 0. The summed E-state index contributed by atoms with van der Waals surface area (Å²) < 4.78 is 27.4. The first kappa shape index (κ1) is 13.4. The van der Waals surface area contributed by atoms with Gasteiger partial charge in [0, 0.05) is 0 Å². The molecule has 0 amide bonds. The monoisotopic (exact) mass is 310 g/mol. The Labute approximate surface area is 121 Å². The highest BCUT2D eigenvalue weighted by atomic mass is 32.2. The Morgan fingerprint density at radius 3 is 2.90 bits per heavy atom. The van der Waals surface area contributed by atoms with Crippen LogP contribution < -0.4 is 10.0 Å². The lowest BCUT2D eigenvalue weighted by molar-refractivity contribution is 0.277. The Hall–Kier alpha value is -1.57. The molecule has 1 unspecified atom stereocenters. The van der Waals surface area contributed by atoms with Gasteiger partial charge >= 0.3 is 0 Å². The molecule has 2 aromatic rings. The van der Waals surface area contributed by atoms with Gasteiger partial charge in [-0.1, -0.05) is 18.2 Å². The molecule has 1 atom stereocenters. The summed E-state index contributed by atoms with van der Waals surface area (Å²) in [5.41, 5.74) is 2.29. The molecule has 106 valence electrons. The molecule has 2 heterocycles. The maximum Gasteiger partial charge on any atom is 0.271 e. The number of anilines is 2. The first-order valence-electron chi connectivity index (χ1n) is 6.16. The number of fused-ring (bicyclic) bond motifs is 1. The fraction of sp³-hybridized carbons (Fsp3) is 0.231. The van der Waals surface area contributed by atoms with Crippen molar-refractivity contribution < 1.29 is 13.5 Å². The van der Waals surface area contributed by atoms with E-state index in [0.29, 0.717) is 12.1 Å². The molecular formula is C13H14N2O3S2. The number of sulfonamides is 1. The van der Waals surface area contributed by atoms with Crippen molar-refractivity contribution in [2.24, 2.45) is 0 Å². The summed E-state index contributed by atoms with van der Waals surface area (Å²) >= 11 is 1.18. The fourth-order valence-electron chi connectivity index (χ4n) is 2.27. The summed E-state index contributed by atoms with van der Waals surface area (Å²) in [6.45, 7) is 0.0196. The quantitative estimate of drug-likeness (QED) is 0.805. The van der Waals surface area contributed by atoms with Crippen molar-refractivity contribution in [2.75, 3.05) is 16.6 Å². The lowest BCUT2D eigenvalue weighted by atomic mass is 10.1. The van der Waals surface area contributed by atoms with Crippen LogP contribution in [-0.4, -0.2) is 26.2 Å². The minimum absolute atomic E-state index is 0.0196. The normalized spacial score (nSPS) is 17.6. The minimum Gasteiger partial charge on any atom is -0.394 e. The highest BCUT2D eigenvalue weighted by Gasteiger charge is 2.24. The average molecular weight is 310 g/mol. The van der Waals surface area contributed by atoms with E-state index in [9.17, 15) is 13.5 Å². The third-order valence-electron chi connectivity index (χ3n) is 3.19. The largest absolute Gasteiger partial charge is 0.394 e. The number of nitrogens with one attached hydrogen (secondary N) is 2. The standard InChI is InChI=1S/C13H14N2O3S2/c16-8-10-7-9-3-1-4-11(13(9)14-10)15-20(17,18)12-5-2-6-19-12/h1-6,10,14-16H,7-8H2. The van der Waals surface area contributed by atoms with Crippen LogP contribution in [0.15, 0.2) is 39.9 Å². The van der Waals surface area contributed by atoms with Crippen LogP contribution >= 0.6 is 11.3 Å². The molecule has 1 aromatic carbocycles. The molecule has 3 rings (SSSR count). The third-order valence-corrected chi connectivity index (χ3v) is 5.95. The predicted octanol–water partition coefficient (Wildman–Crippen LogP) is 1.88. The van der Waals surface area contributed by atoms with E-state index in [1.165, 1.54) is 11.3 Å². The van der Waals surface area contributed by atoms with E-state index in [-0.39, 0.29) is 16.9 Å². The van der Waals surface area contributed by atoms with E-state index in [1.807, 2.05) is 12.1 Å². The van der Waals surface area contributed by atoms with Crippen LogP contribution in [0.2, 0.25) is 0 Å². The molecule has 0 fully saturated rings. The van der Waals surface area contributed by atoms with Crippen molar-refractivity contribution in [2.45, 2.75) is 16.7 Å². The number of aliphatic hydroxyl groups is 1. The van der Waals surface area contributed by atoms with Crippen molar-refractivity contribution in [3.63, 3.8) is 0 Å². The highest BCUT2D eigenvalue weighted by Crippen LogP contribution is 2.34. The van der Waals surface area contributed by atoms with E-state index in [1.54, 1.807) is 23.6 Å². The molecule has 20 heavy (non-hydrogen) atoms. The number of hydrogen-bond acceptors (Lipinski definition) is 5. The maximum absolute atomic E-state index is 12.2. The zero-order valence-electron chi connectivity index (χ0n) is 10.5. The lowest BCUT2D eigenvalue weighted by Gasteiger charge is -2.12. The van der Waals surface area contributed by atoms with Crippen molar-refractivity contribution in [1.82, 2.24) is 0 Å². The molecular weight excluding hydrogens is 296 g/mol. The summed E-state index contributed by atoms with van der Waals surface area (Å²) in [5.74, 6) is 0. The molecule has 0 bridgehead atoms. The molecule has 1 aromatic heterocycles. The van der Waals surface area contributed by atoms with Gasteiger partial charge in [0.05, 0.1) is 24.0 Å². The van der Waals surface area contributed by atoms with Crippen LogP contribution in [0.4, 0.5) is 11.4 Å². The average Bonchev–Trinajstić information content (AvgIpc) is 3.08. The smallest absolute Gasteiger partial charge is 0.271 e. The van der Waals surface area contributed by atoms with Gasteiger partial charge in [0.1, 0.15) is 4.21 Å². The van der Waals surface area contributed by atoms with Crippen LogP contribution in [0.3, 0.4) is 0 Å². The van der Waals surface area contributed by atoms with E-state index < -0.39 is 10.0 Å². The van der Waals surface area contributed by atoms with Crippen molar-refractivity contribution in [3.05, 3.63) is 41.3 Å². The number of thiophene rings is 1. The summed E-state index contributed by atoms with van der Waals surface area (Å²) in [6, 6.07) is 8.68. The van der Waals surface area contributed by atoms with E-state index in [4.69, 9.17) is 0 Å². The van der Waals surface area contributed by atoms with Gasteiger partial charge in [0.2, 0.25) is 0 Å². The molecule has 0 saturated heterocycles. The number of hydrogen-bond donors (Lipinski definition) is 3. The van der Waals surface area contributed by atoms with Gasteiger partial charge in [-0.05, 0) is 29.5 Å². The van der Waals surface area contributed by atoms with E-state index in [0.717, 1.165) is 11.3 Å². The Morgan fingerprint density at radius 2 is 2.20 bits per heavy atom. The molecule has 1 aliphatic rings. The minimum atomic E-state index is -3.55. The Kier molecular flexibility index (Phi) is 3.41. The zero-order valence-corrected chi connectivity index (χ0v) is 12.2. The first-order chi connectivity index (χ1) is 9.60. The highest BCUT2D eigenvalue weighted by molar-refractivity contribution is 7.94. The lowest BCUT2D eigenvalue weighted by Crippen LogP contribution is -2.20. The first-order valence-corrected chi connectivity index (χ1v) is 8.52. The van der Waals surface area contributed by atoms with Crippen LogP contribution in [0, 0.1) is 0 Å². The number of benzene rings is 1. The zero-order chi connectivity index (χ0) is 14.2. The Bertz CT molecular complexity index is 711. The van der Waals surface area contributed by atoms with Crippen LogP contribution in [0.1, 0.15) is 5.56 Å². The summed E-state index contributed by atoms with van der Waals surface area (Å²) in [6.07, 6.45) is 0.695. The fourth-order valence-corrected chi connectivity index (χ4v) is 4.33. The van der Waals surface area contributed by atoms with Crippen molar-refractivity contribution in [1.29, 1.82) is 0 Å². The number of rotatable bonds is 4. The number of aliphatic hydroxyl groups excluding tert-OH is 1. The van der Waals surface area contributed by atoms with Gasteiger partial charge < -0.3 is 10.4 Å². The molecule has 1 aliphatic heterocycles. The van der Waals surface area contributed by atoms with Crippen LogP contribution in [0.25, 0.3) is 0 Å². The van der Waals surface area contributed by atoms with Gasteiger partial charge in [0.25, 0.3) is 10.0 Å². The topological polar surface area (TPSA) is 78.4 Å². The van der Waals surface area contributed by atoms with Crippen molar-refractivity contribution >= 4 is 32.7 Å². The van der Waals surface area contributed by atoms with Gasteiger partial charge in [-0.25, -0.2) is 8.42 Å². The van der Waals surface area contributed by atoms with E-state index in [2.05, 4.69) is 10.0 Å². The second-order valence-electron chi connectivity index (χ2n) is 4.61. The molecule has 7 heteroatoms. The third kappa shape index (κ3) is 2.39. The summed E-state index contributed by atoms with van der Waals surface area (Å²) in [5, 5.41) is 14.1. The second-order valence-corrected chi connectivity index (χ2v) is 7.46. The van der Waals surface area contributed by atoms with Gasteiger partial charge in [-0.3, -0.25) is 4.72 Å². The SMILES string of the molecule is O=S(=O)(Nc1cccc2c1NC(CO)C2)c1cccs1. The molecule has 0 aliphatic carbocycles. The molecule has 3 N–H and O–H groups in total. The van der Waals surface area contributed by atoms with Crippen molar-refractivity contribution in [3.8, 4) is 0 Å². The van der Waals surface area contributed by atoms with Crippen LogP contribution in [-0.2, 0) is 16.4 Å².